The van der Waals surface area contributed by atoms with Crippen molar-refractivity contribution in [3.63, 3.8) is 0 Å². The highest BCUT2D eigenvalue weighted by atomic mass is 19.1. The predicted molar refractivity (Wildman–Crippen MR) is 92.4 cm³/mol. The topological polar surface area (TPSA) is 61.4 Å². The molecule has 0 radical (unpaired) electrons. The number of hydrogen-bond donors (Lipinski definition) is 2. The van der Waals surface area contributed by atoms with Crippen molar-refractivity contribution in [1.29, 1.82) is 0 Å². The molecule has 0 saturated carbocycles. The Balaban J connectivity index is 1.78. The minimum Gasteiger partial charge on any atom is -0.344 e. The average molecular weight is 341 g/mol. The van der Waals surface area contributed by atoms with Crippen molar-refractivity contribution >= 4 is 11.9 Å². The van der Waals surface area contributed by atoms with E-state index < -0.39 is 6.04 Å². The molecule has 2 aromatic carbocycles. The van der Waals surface area contributed by atoms with Crippen molar-refractivity contribution in [2.45, 2.75) is 12.5 Å². The Kier molecular flexibility index (Phi) is 5.28. The lowest BCUT2D eigenvalue weighted by atomic mass is 9.98. The number of nitrogens with one attached hydrogen (secondary N) is 2. The van der Waals surface area contributed by atoms with Gasteiger partial charge in [0.1, 0.15) is 12.4 Å². The van der Waals surface area contributed by atoms with Gasteiger partial charge in [-0.25, -0.2) is 9.18 Å². The number of nitrogens with zero attached hydrogens (tertiary/aromatic N) is 1. The van der Waals surface area contributed by atoms with Gasteiger partial charge in [-0.3, -0.25) is 4.79 Å². The molecule has 0 aliphatic carbocycles. The van der Waals surface area contributed by atoms with Crippen molar-refractivity contribution in [2.24, 2.45) is 0 Å². The van der Waals surface area contributed by atoms with E-state index in [0.717, 1.165) is 12.0 Å². The zero-order valence-electron chi connectivity index (χ0n) is 13.7. The van der Waals surface area contributed by atoms with Gasteiger partial charge in [-0.2, -0.15) is 0 Å². The molecule has 2 aromatic rings. The quantitative estimate of drug-likeness (QED) is 0.877. The molecule has 1 heterocycles. The Morgan fingerprint density at radius 2 is 1.92 bits per heavy atom. The number of hydrogen-bond acceptors (Lipinski definition) is 2. The van der Waals surface area contributed by atoms with Crippen LogP contribution in [0.4, 0.5) is 9.18 Å². The Labute approximate surface area is 145 Å². The molecule has 6 heteroatoms. The summed E-state index contributed by atoms with van der Waals surface area (Å²) in [7, 11) is 0. The molecule has 3 rings (SSSR count). The SMILES string of the molecule is O=C(CN1CCCNC1=O)N[C@H](c1ccccc1)c1cccc(F)c1. The van der Waals surface area contributed by atoms with Crippen LogP contribution in [-0.2, 0) is 4.79 Å². The Hall–Kier alpha value is -2.89. The highest BCUT2D eigenvalue weighted by molar-refractivity contribution is 5.84. The van der Waals surface area contributed by atoms with Gasteiger partial charge in [0.25, 0.3) is 0 Å². The fraction of sp³-hybridized carbons (Fsp3) is 0.263. The number of carbonyl (C=O) groups is 2. The fourth-order valence-corrected chi connectivity index (χ4v) is 2.90. The summed E-state index contributed by atoms with van der Waals surface area (Å²) in [5.41, 5.74) is 1.51. The second kappa shape index (κ2) is 7.79. The van der Waals surface area contributed by atoms with Gasteiger partial charge in [-0.05, 0) is 29.7 Å². The summed E-state index contributed by atoms with van der Waals surface area (Å²) in [4.78, 5) is 25.7. The van der Waals surface area contributed by atoms with Gasteiger partial charge >= 0.3 is 6.03 Å². The van der Waals surface area contributed by atoms with Crippen molar-refractivity contribution in [3.05, 3.63) is 71.5 Å². The Morgan fingerprint density at radius 3 is 2.64 bits per heavy atom. The highest BCUT2D eigenvalue weighted by Crippen LogP contribution is 2.22. The second-order valence-electron chi connectivity index (χ2n) is 5.97. The van der Waals surface area contributed by atoms with Gasteiger partial charge in [0, 0.05) is 13.1 Å². The van der Waals surface area contributed by atoms with Crippen molar-refractivity contribution in [3.8, 4) is 0 Å². The summed E-state index contributed by atoms with van der Waals surface area (Å²) in [5, 5.41) is 5.64. The smallest absolute Gasteiger partial charge is 0.317 e. The summed E-state index contributed by atoms with van der Waals surface area (Å²) in [6, 6.07) is 14.8. The monoisotopic (exact) mass is 341 g/mol. The average Bonchev–Trinajstić information content (AvgIpc) is 2.62. The molecule has 0 aromatic heterocycles. The summed E-state index contributed by atoms with van der Waals surface area (Å²) >= 11 is 0. The molecule has 25 heavy (non-hydrogen) atoms. The van der Waals surface area contributed by atoms with Crippen LogP contribution < -0.4 is 10.6 Å². The zero-order chi connectivity index (χ0) is 17.6. The summed E-state index contributed by atoms with van der Waals surface area (Å²) < 4.78 is 13.6. The lowest BCUT2D eigenvalue weighted by Crippen LogP contribution is -2.50. The lowest BCUT2D eigenvalue weighted by molar-refractivity contribution is -0.122. The largest absolute Gasteiger partial charge is 0.344 e. The molecule has 5 nitrogen and oxygen atoms in total. The number of amides is 3. The van der Waals surface area contributed by atoms with Gasteiger partial charge in [0.2, 0.25) is 5.91 Å². The number of urea groups is 1. The number of carbonyl (C=O) groups excluding carboxylic acids is 2. The van der Waals surface area contributed by atoms with Crippen LogP contribution in [0.25, 0.3) is 0 Å². The third-order valence-electron chi connectivity index (χ3n) is 4.12. The van der Waals surface area contributed by atoms with Crippen LogP contribution in [0.3, 0.4) is 0 Å². The molecule has 0 unspecified atom stereocenters. The van der Waals surface area contributed by atoms with Crippen LogP contribution in [-0.4, -0.2) is 36.5 Å². The van der Waals surface area contributed by atoms with Crippen LogP contribution in [0.5, 0.6) is 0 Å². The molecule has 130 valence electrons. The Morgan fingerprint density at radius 1 is 1.16 bits per heavy atom. The van der Waals surface area contributed by atoms with Gasteiger partial charge < -0.3 is 15.5 Å². The third kappa shape index (κ3) is 4.35. The molecule has 0 bridgehead atoms. The number of rotatable bonds is 5. The molecule has 1 aliphatic heterocycles. The molecular formula is C19H20FN3O2. The molecule has 3 amide bonds. The number of halogens is 1. The van der Waals surface area contributed by atoms with Crippen LogP contribution >= 0.6 is 0 Å². The van der Waals surface area contributed by atoms with Gasteiger partial charge in [-0.15, -0.1) is 0 Å². The predicted octanol–water partition coefficient (Wildman–Crippen LogP) is 2.45. The van der Waals surface area contributed by atoms with E-state index >= 15 is 0 Å². The van der Waals surface area contributed by atoms with Crippen LogP contribution in [0.1, 0.15) is 23.6 Å². The molecule has 0 spiro atoms. The summed E-state index contributed by atoms with van der Waals surface area (Å²) in [6.45, 7) is 1.16. The van der Waals surface area contributed by atoms with E-state index in [2.05, 4.69) is 10.6 Å². The fourth-order valence-electron chi connectivity index (χ4n) is 2.90. The molecular weight excluding hydrogens is 321 g/mol. The normalized spacial score (nSPS) is 15.4. The van der Waals surface area contributed by atoms with Crippen LogP contribution in [0, 0.1) is 5.82 Å². The third-order valence-corrected chi connectivity index (χ3v) is 4.12. The number of benzene rings is 2. The molecule has 2 N–H and O–H groups in total. The first-order valence-electron chi connectivity index (χ1n) is 8.26. The van der Waals surface area contributed by atoms with Gasteiger partial charge in [-0.1, -0.05) is 42.5 Å². The van der Waals surface area contributed by atoms with Crippen molar-refractivity contribution in [1.82, 2.24) is 15.5 Å². The molecule has 1 saturated heterocycles. The van der Waals surface area contributed by atoms with Crippen LogP contribution in [0.15, 0.2) is 54.6 Å². The first-order valence-corrected chi connectivity index (χ1v) is 8.26. The van der Waals surface area contributed by atoms with E-state index in [1.807, 2.05) is 30.3 Å². The first kappa shape index (κ1) is 17.0. The maximum Gasteiger partial charge on any atom is 0.317 e. The summed E-state index contributed by atoms with van der Waals surface area (Å²) in [6.07, 6.45) is 0.811. The highest BCUT2D eigenvalue weighted by Gasteiger charge is 2.23. The summed E-state index contributed by atoms with van der Waals surface area (Å²) in [5.74, 6) is -0.641. The van der Waals surface area contributed by atoms with Crippen molar-refractivity contribution < 1.29 is 14.0 Å². The van der Waals surface area contributed by atoms with E-state index in [1.165, 1.54) is 17.0 Å². The Bertz CT molecular complexity index is 751. The first-order chi connectivity index (χ1) is 12.1. The maximum atomic E-state index is 13.6. The minimum atomic E-state index is -0.475. The van der Waals surface area contributed by atoms with E-state index in [0.29, 0.717) is 18.7 Å². The lowest BCUT2D eigenvalue weighted by Gasteiger charge is -2.28. The molecule has 1 fully saturated rings. The van der Waals surface area contributed by atoms with E-state index in [1.54, 1.807) is 12.1 Å². The van der Waals surface area contributed by atoms with E-state index in [-0.39, 0.29) is 24.3 Å². The maximum absolute atomic E-state index is 13.6. The zero-order valence-corrected chi connectivity index (χ0v) is 13.7. The van der Waals surface area contributed by atoms with Crippen molar-refractivity contribution in [2.75, 3.05) is 19.6 Å². The molecule has 1 atom stereocenters. The molecule has 1 aliphatic rings. The van der Waals surface area contributed by atoms with Crippen LogP contribution in [0.2, 0.25) is 0 Å². The standard InChI is InChI=1S/C19H20FN3O2/c20-16-9-4-8-15(12-16)18(14-6-2-1-3-7-14)22-17(24)13-23-11-5-10-21-19(23)25/h1-4,6-9,12,18H,5,10-11,13H2,(H,21,25)(H,22,24)/t18-/m1/s1. The van der Waals surface area contributed by atoms with Gasteiger partial charge in [0.05, 0.1) is 6.04 Å². The van der Waals surface area contributed by atoms with Gasteiger partial charge in [0.15, 0.2) is 0 Å². The minimum absolute atomic E-state index is 0.0233. The second-order valence-corrected chi connectivity index (χ2v) is 5.97. The van der Waals surface area contributed by atoms with E-state index in [9.17, 15) is 14.0 Å². The van der Waals surface area contributed by atoms with E-state index in [4.69, 9.17) is 0 Å².